The molecule has 0 aliphatic carbocycles. The molecule has 1 rings (SSSR count). The number of urea groups is 1. The summed E-state index contributed by atoms with van der Waals surface area (Å²) >= 11 is 3.39. The third-order valence-corrected chi connectivity index (χ3v) is 3.84. The molecule has 2 amide bonds. The third-order valence-electron chi connectivity index (χ3n) is 3.14. The zero-order valence-electron chi connectivity index (χ0n) is 12.3. The molecule has 3 N–H and O–H groups in total. The van der Waals surface area contributed by atoms with E-state index in [9.17, 15) is 9.59 Å². The van der Waals surface area contributed by atoms with Crippen molar-refractivity contribution in [1.29, 1.82) is 0 Å². The molecule has 6 heteroatoms. The minimum absolute atomic E-state index is 0.170. The largest absolute Gasteiger partial charge is 0.481 e. The van der Waals surface area contributed by atoms with Crippen LogP contribution < -0.4 is 10.6 Å². The van der Waals surface area contributed by atoms with Crippen molar-refractivity contribution in [2.45, 2.75) is 33.1 Å². The molecule has 0 fully saturated rings. The van der Waals surface area contributed by atoms with Crippen molar-refractivity contribution >= 4 is 33.6 Å². The van der Waals surface area contributed by atoms with E-state index in [-0.39, 0.29) is 18.4 Å². The second kappa shape index (κ2) is 8.67. The molecule has 5 nitrogen and oxygen atoms in total. The van der Waals surface area contributed by atoms with Crippen LogP contribution in [0.25, 0.3) is 0 Å². The van der Waals surface area contributed by atoms with Gasteiger partial charge in [-0.15, -0.1) is 0 Å². The van der Waals surface area contributed by atoms with Gasteiger partial charge in [0.25, 0.3) is 0 Å². The van der Waals surface area contributed by atoms with Crippen LogP contribution >= 0.6 is 15.9 Å². The topological polar surface area (TPSA) is 78.4 Å². The van der Waals surface area contributed by atoms with Gasteiger partial charge in [-0.2, -0.15) is 0 Å². The molecule has 1 aromatic rings. The zero-order chi connectivity index (χ0) is 15.8. The van der Waals surface area contributed by atoms with Crippen molar-refractivity contribution in [3.63, 3.8) is 0 Å². The van der Waals surface area contributed by atoms with Gasteiger partial charge in [-0.25, -0.2) is 4.79 Å². The maximum Gasteiger partial charge on any atom is 0.319 e. The van der Waals surface area contributed by atoms with Crippen LogP contribution in [0.2, 0.25) is 0 Å². The predicted molar refractivity (Wildman–Crippen MR) is 86.6 cm³/mol. The quantitative estimate of drug-likeness (QED) is 0.695. The Morgan fingerprint density at radius 1 is 1.33 bits per heavy atom. The number of halogens is 1. The lowest BCUT2D eigenvalue weighted by Gasteiger charge is -2.12. The van der Waals surface area contributed by atoms with Crippen LogP contribution in [0, 0.1) is 12.8 Å². The van der Waals surface area contributed by atoms with Crippen LogP contribution in [0.5, 0.6) is 0 Å². The average molecular weight is 357 g/mol. The van der Waals surface area contributed by atoms with E-state index < -0.39 is 5.97 Å². The summed E-state index contributed by atoms with van der Waals surface area (Å²) in [5, 5.41) is 14.2. The van der Waals surface area contributed by atoms with Crippen LogP contribution in [-0.2, 0) is 4.79 Å². The van der Waals surface area contributed by atoms with E-state index in [0.29, 0.717) is 13.0 Å². The van der Waals surface area contributed by atoms with E-state index in [2.05, 4.69) is 26.6 Å². The van der Waals surface area contributed by atoms with Crippen molar-refractivity contribution < 1.29 is 14.7 Å². The number of carbonyl (C=O) groups is 2. The molecule has 21 heavy (non-hydrogen) atoms. The Balaban J connectivity index is 2.31. The van der Waals surface area contributed by atoms with Crippen LogP contribution in [0.3, 0.4) is 0 Å². The number of aryl methyl sites for hydroxylation is 1. The molecule has 1 unspecified atom stereocenters. The smallest absolute Gasteiger partial charge is 0.319 e. The van der Waals surface area contributed by atoms with Gasteiger partial charge in [-0.3, -0.25) is 4.79 Å². The van der Waals surface area contributed by atoms with Gasteiger partial charge >= 0.3 is 12.0 Å². The summed E-state index contributed by atoms with van der Waals surface area (Å²) in [4.78, 5) is 22.3. The minimum atomic E-state index is -0.781. The van der Waals surface area contributed by atoms with E-state index in [1.165, 1.54) is 0 Å². The first kappa shape index (κ1) is 17.5. The second-order valence-electron chi connectivity index (χ2n) is 5.19. The molecule has 0 aromatic heterocycles. The van der Waals surface area contributed by atoms with Crippen molar-refractivity contribution in [2.75, 3.05) is 11.9 Å². The summed E-state index contributed by atoms with van der Waals surface area (Å²) < 4.78 is 0.832. The second-order valence-corrected chi connectivity index (χ2v) is 6.04. The monoisotopic (exact) mass is 356 g/mol. The van der Waals surface area contributed by atoms with Gasteiger partial charge in [-0.1, -0.05) is 13.0 Å². The number of carboxylic acid groups (broad SMARTS) is 1. The molecule has 0 saturated carbocycles. The Hall–Kier alpha value is -1.56. The Kier molecular flexibility index (Phi) is 7.22. The first-order chi connectivity index (χ1) is 9.88. The number of benzene rings is 1. The van der Waals surface area contributed by atoms with Gasteiger partial charge in [-0.05, 0) is 59.3 Å². The summed E-state index contributed by atoms with van der Waals surface area (Å²) in [7, 11) is 0. The molecule has 116 valence electrons. The SMILES string of the molecule is Cc1ccc(Br)c(NC(=O)NCCC(C)CCC(=O)O)c1. The molecule has 0 aliphatic rings. The van der Waals surface area contributed by atoms with E-state index in [0.717, 1.165) is 22.1 Å². The van der Waals surface area contributed by atoms with E-state index in [1.807, 2.05) is 32.0 Å². The highest BCUT2D eigenvalue weighted by Gasteiger charge is 2.08. The van der Waals surface area contributed by atoms with Gasteiger partial charge in [0.2, 0.25) is 0 Å². The fraction of sp³-hybridized carbons (Fsp3) is 0.467. The summed E-state index contributed by atoms with van der Waals surface area (Å²) in [5.74, 6) is -0.510. The minimum Gasteiger partial charge on any atom is -0.481 e. The highest BCUT2D eigenvalue weighted by Crippen LogP contribution is 2.23. The highest BCUT2D eigenvalue weighted by molar-refractivity contribution is 9.10. The van der Waals surface area contributed by atoms with Crippen LogP contribution in [0.1, 0.15) is 31.7 Å². The first-order valence-electron chi connectivity index (χ1n) is 6.91. The van der Waals surface area contributed by atoms with Gasteiger partial charge in [0, 0.05) is 17.4 Å². The summed E-state index contributed by atoms with van der Waals surface area (Å²) in [6, 6.07) is 5.47. The van der Waals surface area contributed by atoms with Crippen LogP contribution in [0.4, 0.5) is 10.5 Å². The Bertz CT molecular complexity index is 506. The number of anilines is 1. The number of aliphatic carboxylic acids is 1. The van der Waals surface area contributed by atoms with Crippen molar-refractivity contribution in [1.82, 2.24) is 5.32 Å². The molecule has 1 aromatic carbocycles. The van der Waals surface area contributed by atoms with Gasteiger partial charge in [0.15, 0.2) is 0 Å². The standard InChI is InChI=1S/C15H21BrN2O3/c1-10(4-6-14(19)20)7-8-17-15(21)18-13-9-11(2)3-5-12(13)16/h3,5,9-10H,4,6-8H2,1-2H3,(H,19,20)(H2,17,18,21). The zero-order valence-corrected chi connectivity index (χ0v) is 13.9. The number of hydrogen-bond acceptors (Lipinski definition) is 2. The number of nitrogens with one attached hydrogen (secondary N) is 2. The molecule has 0 heterocycles. The summed E-state index contributed by atoms with van der Waals surface area (Å²) in [6.45, 7) is 4.47. The molecule has 0 saturated heterocycles. The number of amides is 2. The van der Waals surface area contributed by atoms with E-state index in [1.54, 1.807) is 0 Å². The Morgan fingerprint density at radius 3 is 2.71 bits per heavy atom. The van der Waals surface area contributed by atoms with E-state index in [4.69, 9.17) is 5.11 Å². The average Bonchev–Trinajstić information content (AvgIpc) is 2.40. The van der Waals surface area contributed by atoms with E-state index >= 15 is 0 Å². The fourth-order valence-electron chi connectivity index (χ4n) is 1.85. The normalized spacial score (nSPS) is 11.8. The highest BCUT2D eigenvalue weighted by atomic mass is 79.9. The maximum atomic E-state index is 11.8. The van der Waals surface area contributed by atoms with Crippen LogP contribution in [-0.4, -0.2) is 23.7 Å². The molecule has 0 radical (unpaired) electrons. The predicted octanol–water partition coefficient (Wildman–Crippen LogP) is 3.77. The van der Waals surface area contributed by atoms with Crippen molar-refractivity contribution in [3.05, 3.63) is 28.2 Å². The molecule has 0 spiro atoms. The van der Waals surface area contributed by atoms with Crippen molar-refractivity contribution in [3.8, 4) is 0 Å². The maximum absolute atomic E-state index is 11.8. The molecule has 0 aliphatic heterocycles. The van der Waals surface area contributed by atoms with Gasteiger partial charge in [0.05, 0.1) is 5.69 Å². The van der Waals surface area contributed by atoms with Gasteiger partial charge < -0.3 is 15.7 Å². The fourth-order valence-corrected chi connectivity index (χ4v) is 2.19. The Morgan fingerprint density at radius 2 is 2.05 bits per heavy atom. The molecule has 0 bridgehead atoms. The number of rotatable bonds is 7. The number of carboxylic acids is 1. The lowest BCUT2D eigenvalue weighted by molar-refractivity contribution is -0.137. The van der Waals surface area contributed by atoms with Crippen molar-refractivity contribution in [2.24, 2.45) is 5.92 Å². The van der Waals surface area contributed by atoms with Gasteiger partial charge in [0.1, 0.15) is 0 Å². The molecular formula is C15H21BrN2O3. The number of carbonyl (C=O) groups excluding carboxylic acids is 1. The first-order valence-corrected chi connectivity index (χ1v) is 7.70. The third kappa shape index (κ3) is 7.13. The number of hydrogen-bond donors (Lipinski definition) is 3. The lowest BCUT2D eigenvalue weighted by Crippen LogP contribution is -2.30. The van der Waals surface area contributed by atoms with Crippen LogP contribution in [0.15, 0.2) is 22.7 Å². The molecule has 1 atom stereocenters. The lowest BCUT2D eigenvalue weighted by atomic mass is 10.0. The Labute approximate surface area is 133 Å². The molecular weight excluding hydrogens is 336 g/mol. The summed E-state index contributed by atoms with van der Waals surface area (Å²) in [5.41, 5.74) is 1.79. The summed E-state index contributed by atoms with van der Waals surface area (Å²) in [6.07, 6.45) is 1.56.